The number of hydrogen-bond donors (Lipinski definition) is 2. The standard InChI is InChI=1S/C21H20N2O6S/c1-27-17-7-5-4-6-13(17)8-9-18(24)23-21(30)22-16-11-14(19(25)28-2)10-15(12-16)20(26)29-3/h4-12H,1-3H3,(H2,22,23,24,30)/b9-8+. The molecule has 0 radical (unpaired) electrons. The van der Waals surface area contributed by atoms with Crippen LogP contribution in [0.25, 0.3) is 6.08 Å². The molecule has 0 aliphatic rings. The summed E-state index contributed by atoms with van der Waals surface area (Å²) in [7, 11) is 3.98. The number of hydrogen-bond acceptors (Lipinski definition) is 7. The van der Waals surface area contributed by atoms with E-state index in [1.165, 1.54) is 45.6 Å². The number of para-hydroxylation sites is 1. The van der Waals surface area contributed by atoms with Crippen molar-refractivity contribution in [2.24, 2.45) is 0 Å². The number of rotatable bonds is 6. The van der Waals surface area contributed by atoms with Gasteiger partial charge in [-0.25, -0.2) is 9.59 Å². The number of carbonyl (C=O) groups is 3. The summed E-state index contributed by atoms with van der Waals surface area (Å²) in [5.41, 5.74) is 1.26. The number of thiocarbonyl (C=S) groups is 1. The zero-order valence-electron chi connectivity index (χ0n) is 16.6. The van der Waals surface area contributed by atoms with Gasteiger partial charge in [0.25, 0.3) is 0 Å². The van der Waals surface area contributed by atoms with E-state index in [1.54, 1.807) is 18.2 Å². The molecule has 0 atom stereocenters. The molecule has 0 unspecified atom stereocenters. The van der Waals surface area contributed by atoms with Crippen molar-refractivity contribution in [3.05, 3.63) is 65.2 Å². The summed E-state index contributed by atoms with van der Waals surface area (Å²) < 4.78 is 14.6. The molecule has 2 aromatic rings. The maximum atomic E-state index is 12.1. The highest BCUT2D eigenvalue weighted by molar-refractivity contribution is 7.80. The summed E-state index contributed by atoms with van der Waals surface area (Å²) in [6.07, 6.45) is 2.89. The lowest BCUT2D eigenvalue weighted by atomic mass is 10.1. The molecule has 0 aliphatic heterocycles. The molecule has 0 bridgehead atoms. The van der Waals surface area contributed by atoms with Crippen LogP contribution < -0.4 is 15.4 Å². The maximum Gasteiger partial charge on any atom is 0.337 e. The summed E-state index contributed by atoms with van der Waals surface area (Å²) in [6, 6.07) is 11.4. The van der Waals surface area contributed by atoms with E-state index in [-0.39, 0.29) is 16.2 Å². The third kappa shape index (κ3) is 6.14. The van der Waals surface area contributed by atoms with Gasteiger partial charge in [0.2, 0.25) is 5.91 Å². The van der Waals surface area contributed by atoms with Gasteiger partial charge in [-0.1, -0.05) is 18.2 Å². The third-order valence-corrected chi connectivity index (χ3v) is 4.03. The molecule has 9 heteroatoms. The van der Waals surface area contributed by atoms with Gasteiger partial charge in [-0.2, -0.15) is 0 Å². The highest BCUT2D eigenvalue weighted by Gasteiger charge is 2.14. The average molecular weight is 428 g/mol. The van der Waals surface area contributed by atoms with Gasteiger partial charge >= 0.3 is 11.9 Å². The van der Waals surface area contributed by atoms with E-state index < -0.39 is 17.8 Å². The number of ether oxygens (including phenoxy) is 3. The molecule has 0 saturated heterocycles. The molecule has 2 N–H and O–H groups in total. The fourth-order valence-electron chi connectivity index (χ4n) is 2.46. The molecule has 2 rings (SSSR count). The molecule has 0 aliphatic carbocycles. The Labute approximate surface area is 178 Å². The molecule has 0 spiro atoms. The van der Waals surface area contributed by atoms with E-state index in [0.717, 1.165) is 5.56 Å². The van der Waals surface area contributed by atoms with Gasteiger partial charge in [0.15, 0.2) is 5.11 Å². The second-order valence-electron chi connectivity index (χ2n) is 5.80. The van der Waals surface area contributed by atoms with Gasteiger partial charge < -0.3 is 19.5 Å². The van der Waals surface area contributed by atoms with Crippen molar-refractivity contribution in [1.82, 2.24) is 5.32 Å². The van der Waals surface area contributed by atoms with Gasteiger partial charge in [0, 0.05) is 17.3 Å². The van der Waals surface area contributed by atoms with Crippen molar-refractivity contribution in [3.63, 3.8) is 0 Å². The van der Waals surface area contributed by atoms with E-state index in [2.05, 4.69) is 20.1 Å². The van der Waals surface area contributed by atoms with Crippen LogP contribution in [0.4, 0.5) is 5.69 Å². The van der Waals surface area contributed by atoms with Gasteiger partial charge in [-0.3, -0.25) is 10.1 Å². The van der Waals surface area contributed by atoms with E-state index >= 15 is 0 Å². The minimum Gasteiger partial charge on any atom is -0.496 e. The summed E-state index contributed by atoms with van der Waals surface area (Å²) in [4.78, 5) is 35.8. The average Bonchev–Trinajstić information content (AvgIpc) is 2.76. The number of nitrogens with one attached hydrogen (secondary N) is 2. The normalized spacial score (nSPS) is 10.2. The number of methoxy groups -OCH3 is 3. The van der Waals surface area contributed by atoms with Crippen LogP contribution in [0.15, 0.2) is 48.5 Å². The quantitative estimate of drug-likeness (QED) is 0.411. The van der Waals surface area contributed by atoms with Crippen LogP contribution in [-0.2, 0) is 14.3 Å². The van der Waals surface area contributed by atoms with Gasteiger partial charge in [-0.15, -0.1) is 0 Å². The van der Waals surface area contributed by atoms with Crippen LogP contribution in [0.5, 0.6) is 5.75 Å². The fourth-order valence-corrected chi connectivity index (χ4v) is 2.68. The molecule has 0 fully saturated rings. The van der Waals surface area contributed by atoms with Crippen LogP contribution in [-0.4, -0.2) is 44.3 Å². The first-order valence-electron chi connectivity index (χ1n) is 8.62. The molecule has 0 saturated carbocycles. The summed E-state index contributed by atoms with van der Waals surface area (Å²) in [6.45, 7) is 0. The molecule has 0 aromatic heterocycles. The maximum absolute atomic E-state index is 12.1. The Morgan fingerprint density at radius 2 is 1.53 bits per heavy atom. The second kappa shape index (κ2) is 10.7. The van der Waals surface area contributed by atoms with E-state index in [1.807, 2.05) is 12.1 Å². The molecule has 30 heavy (non-hydrogen) atoms. The predicted octanol–water partition coefficient (Wildman–Crippen LogP) is 2.79. The van der Waals surface area contributed by atoms with Crippen molar-refractivity contribution in [2.75, 3.05) is 26.6 Å². The minimum absolute atomic E-state index is 0.0255. The first kappa shape index (κ1) is 22.6. The highest BCUT2D eigenvalue weighted by atomic mass is 32.1. The summed E-state index contributed by atoms with van der Waals surface area (Å²) in [5.74, 6) is -1.13. The van der Waals surface area contributed by atoms with Crippen molar-refractivity contribution >= 4 is 46.9 Å². The Kier molecular flexibility index (Phi) is 8.07. The SMILES string of the molecule is COC(=O)c1cc(NC(=S)NC(=O)/C=C/c2ccccc2OC)cc(C(=O)OC)c1. The number of carbonyl (C=O) groups excluding carboxylic acids is 3. The molecule has 8 nitrogen and oxygen atoms in total. The van der Waals surface area contributed by atoms with Crippen LogP contribution in [0.1, 0.15) is 26.3 Å². The second-order valence-corrected chi connectivity index (χ2v) is 6.21. The van der Waals surface area contributed by atoms with Crippen LogP contribution in [0.3, 0.4) is 0 Å². The molecular formula is C21H20N2O6S. The van der Waals surface area contributed by atoms with Crippen LogP contribution in [0, 0.1) is 0 Å². The van der Waals surface area contributed by atoms with E-state index in [4.69, 9.17) is 17.0 Å². The monoisotopic (exact) mass is 428 g/mol. The van der Waals surface area contributed by atoms with Crippen molar-refractivity contribution in [1.29, 1.82) is 0 Å². The zero-order valence-corrected chi connectivity index (χ0v) is 17.4. The fraction of sp³-hybridized carbons (Fsp3) is 0.143. The number of anilines is 1. The lowest BCUT2D eigenvalue weighted by Gasteiger charge is -2.11. The number of esters is 2. The molecular weight excluding hydrogens is 408 g/mol. The first-order valence-corrected chi connectivity index (χ1v) is 9.03. The van der Waals surface area contributed by atoms with E-state index in [9.17, 15) is 14.4 Å². The topological polar surface area (TPSA) is 103 Å². The Morgan fingerprint density at radius 1 is 0.933 bits per heavy atom. The Morgan fingerprint density at radius 3 is 2.10 bits per heavy atom. The largest absolute Gasteiger partial charge is 0.496 e. The Bertz CT molecular complexity index is 968. The number of amides is 1. The third-order valence-electron chi connectivity index (χ3n) is 3.82. The summed E-state index contributed by atoms with van der Waals surface area (Å²) in [5, 5.41) is 5.22. The van der Waals surface area contributed by atoms with Crippen LogP contribution in [0.2, 0.25) is 0 Å². The molecule has 0 heterocycles. The van der Waals surface area contributed by atoms with Gasteiger partial charge in [0.05, 0.1) is 32.5 Å². The van der Waals surface area contributed by atoms with E-state index in [0.29, 0.717) is 11.4 Å². The molecule has 2 aromatic carbocycles. The lowest BCUT2D eigenvalue weighted by Crippen LogP contribution is -2.33. The van der Waals surface area contributed by atoms with Crippen molar-refractivity contribution in [3.8, 4) is 5.75 Å². The highest BCUT2D eigenvalue weighted by Crippen LogP contribution is 2.19. The molecule has 156 valence electrons. The summed E-state index contributed by atoms with van der Waals surface area (Å²) >= 11 is 5.13. The van der Waals surface area contributed by atoms with Gasteiger partial charge in [0.1, 0.15) is 5.75 Å². The molecule has 1 amide bonds. The predicted molar refractivity (Wildman–Crippen MR) is 116 cm³/mol. The van der Waals surface area contributed by atoms with Crippen LogP contribution >= 0.6 is 12.2 Å². The first-order chi connectivity index (χ1) is 14.4. The zero-order chi connectivity index (χ0) is 22.1. The lowest BCUT2D eigenvalue weighted by molar-refractivity contribution is -0.115. The van der Waals surface area contributed by atoms with Crippen molar-refractivity contribution < 1.29 is 28.6 Å². The Balaban J connectivity index is 2.11. The van der Waals surface area contributed by atoms with Crippen molar-refractivity contribution in [2.45, 2.75) is 0 Å². The van der Waals surface area contributed by atoms with Gasteiger partial charge in [-0.05, 0) is 42.6 Å². The number of benzene rings is 2. The minimum atomic E-state index is -0.640. The Hall–Kier alpha value is -3.72. The smallest absolute Gasteiger partial charge is 0.337 e.